The molecule has 2 aliphatic heterocycles. The van der Waals surface area contributed by atoms with Crippen molar-refractivity contribution in [2.75, 3.05) is 6.61 Å². The Hall–Kier alpha value is -4.54. The lowest BCUT2D eigenvalue weighted by molar-refractivity contribution is -0.0705. The summed E-state index contributed by atoms with van der Waals surface area (Å²) >= 11 is 5.91. The van der Waals surface area contributed by atoms with Gasteiger partial charge in [-0.15, -0.1) is 0 Å². The molecule has 0 amide bonds. The number of carbonyl (C=O) groups is 1. The van der Waals surface area contributed by atoms with Gasteiger partial charge in [0.1, 0.15) is 23.3 Å². The Morgan fingerprint density at radius 2 is 1.82 bits per heavy atom. The van der Waals surface area contributed by atoms with Crippen LogP contribution in [0.5, 0.6) is 11.5 Å². The number of aromatic nitrogens is 2. The van der Waals surface area contributed by atoms with Gasteiger partial charge in [-0.05, 0) is 66.6 Å². The molecule has 7 rings (SSSR count). The molecule has 0 aliphatic carbocycles. The maximum Gasteiger partial charge on any atom is 0.335 e. The van der Waals surface area contributed by atoms with Gasteiger partial charge >= 0.3 is 5.97 Å². The fraction of sp³-hybridized carbons (Fsp3) is 0.212. The number of hydrogen-bond donors (Lipinski definition) is 1. The van der Waals surface area contributed by atoms with Gasteiger partial charge in [-0.3, -0.25) is 0 Å². The molecule has 5 aromatic rings. The first-order valence-electron chi connectivity index (χ1n) is 13.9. The molecule has 3 heterocycles. The number of carboxylic acid groups (broad SMARTS) is 1. The lowest BCUT2D eigenvalue weighted by Crippen LogP contribution is -2.32. The van der Waals surface area contributed by atoms with E-state index in [9.17, 15) is 14.3 Å². The molecule has 2 atom stereocenters. The molecular formula is C33H24ClF3N2O5. The van der Waals surface area contributed by atoms with E-state index in [4.69, 9.17) is 25.8 Å². The van der Waals surface area contributed by atoms with Crippen molar-refractivity contribution in [1.82, 2.24) is 9.55 Å². The minimum absolute atomic E-state index is 0.0814. The third-order valence-corrected chi connectivity index (χ3v) is 8.28. The van der Waals surface area contributed by atoms with Gasteiger partial charge in [0.15, 0.2) is 11.5 Å². The zero-order valence-corrected chi connectivity index (χ0v) is 24.0. The van der Waals surface area contributed by atoms with E-state index in [1.54, 1.807) is 35.8 Å². The molecule has 0 spiro atoms. The molecule has 2 aliphatic rings. The summed E-state index contributed by atoms with van der Waals surface area (Å²) in [6, 6.07) is 16.0. The van der Waals surface area contributed by atoms with Gasteiger partial charge < -0.3 is 23.9 Å². The number of carboxylic acids is 1. The average Bonchev–Trinajstić information content (AvgIpc) is 3.48. The number of ether oxygens (including phenoxy) is 3. The normalized spacial score (nSPS) is 18.9. The number of para-hydroxylation sites is 1. The van der Waals surface area contributed by atoms with Crippen LogP contribution in [-0.2, 0) is 23.5 Å². The van der Waals surface area contributed by atoms with Crippen LogP contribution in [0.25, 0.3) is 22.2 Å². The van der Waals surface area contributed by atoms with Crippen molar-refractivity contribution in [2.45, 2.75) is 38.2 Å². The van der Waals surface area contributed by atoms with Crippen molar-refractivity contribution >= 4 is 28.6 Å². The Morgan fingerprint density at radius 3 is 2.50 bits per heavy atom. The third-order valence-electron chi connectivity index (χ3n) is 8.04. The van der Waals surface area contributed by atoms with Gasteiger partial charge in [0.2, 0.25) is 0 Å². The first-order valence-corrected chi connectivity index (χ1v) is 14.3. The Balaban J connectivity index is 1.23. The van der Waals surface area contributed by atoms with E-state index >= 15 is 8.78 Å². The molecule has 0 saturated carbocycles. The highest BCUT2D eigenvalue weighted by molar-refractivity contribution is 6.30. The number of benzene rings is 4. The topological polar surface area (TPSA) is 82.8 Å². The number of fused-ring (bicyclic) bond motifs is 2. The number of imidazole rings is 1. The molecular weight excluding hydrogens is 597 g/mol. The second kappa shape index (κ2) is 10.6. The number of hydrogen-bond acceptors (Lipinski definition) is 5. The Kier molecular flexibility index (Phi) is 6.78. The third kappa shape index (κ3) is 4.84. The van der Waals surface area contributed by atoms with Gasteiger partial charge in [-0.25, -0.2) is 22.9 Å². The monoisotopic (exact) mass is 620 g/mol. The molecule has 0 bridgehead atoms. The number of halogens is 4. The predicted octanol–water partition coefficient (Wildman–Crippen LogP) is 7.50. The second-order valence-corrected chi connectivity index (χ2v) is 11.4. The molecule has 1 aromatic heterocycles. The number of aromatic carboxylic acids is 1. The largest absolute Gasteiger partial charge is 0.478 e. The molecule has 224 valence electrons. The molecule has 4 aromatic carbocycles. The summed E-state index contributed by atoms with van der Waals surface area (Å²) in [7, 11) is 0. The molecule has 44 heavy (non-hydrogen) atoms. The van der Waals surface area contributed by atoms with Crippen molar-refractivity contribution < 1.29 is 37.3 Å². The first kappa shape index (κ1) is 28.2. The SMILES string of the molecule is CC1(c2ccc(Cl)cc2F)Oc2cccc(-c3cc(F)c(Cc4nc5ccc(C(=O)O)cc5n4CC4CCO4)c(F)c3)c2O1. The van der Waals surface area contributed by atoms with Crippen molar-refractivity contribution in [3.63, 3.8) is 0 Å². The van der Waals surface area contributed by atoms with Gasteiger partial charge in [-0.2, -0.15) is 0 Å². The quantitative estimate of drug-likeness (QED) is 0.203. The van der Waals surface area contributed by atoms with Gasteiger partial charge in [0, 0.05) is 36.1 Å². The minimum atomic E-state index is -1.53. The predicted molar refractivity (Wildman–Crippen MR) is 156 cm³/mol. The molecule has 1 N–H and O–H groups in total. The average molecular weight is 621 g/mol. The number of rotatable bonds is 7. The van der Waals surface area contributed by atoms with E-state index in [0.717, 1.165) is 12.5 Å². The van der Waals surface area contributed by atoms with Crippen molar-refractivity contribution in [3.05, 3.63) is 112 Å². The van der Waals surface area contributed by atoms with Crippen LogP contribution in [-0.4, -0.2) is 33.3 Å². The van der Waals surface area contributed by atoms with E-state index in [-0.39, 0.29) is 51.3 Å². The molecule has 11 heteroatoms. The Morgan fingerprint density at radius 1 is 1.05 bits per heavy atom. The van der Waals surface area contributed by atoms with Crippen LogP contribution >= 0.6 is 11.6 Å². The van der Waals surface area contributed by atoms with E-state index in [1.807, 2.05) is 0 Å². The lowest BCUT2D eigenvalue weighted by atomic mass is 10.00. The highest BCUT2D eigenvalue weighted by atomic mass is 35.5. The summed E-state index contributed by atoms with van der Waals surface area (Å²) in [6.45, 7) is 2.54. The summed E-state index contributed by atoms with van der Waals surface area (Å²) in [5.41, 5.74) is 1.62. The highest BCUT2D eigenvalue weighted by Crippen LogP contribution is 2.50. The molecule has 7 nitrogen and oxygen atoms in total. The fourth-order valence-corrected chi connectivity index (χ4v) is 5.84. The van der Waals surface area contributed by atoms with Gasteiger partial charge in [0.25, 0.3) is 5.79 Å². The summed E-state index contributed by atoms with van der Waals surface area (Å²) in [5.74, 6) is -3.96. The second-order valence-electron chi connectivity index (χ2n) is 10.9. The van der Waals surface area contributed by atoms with Crippen LogP contribution in [0.2, 0.25) is 5.02 Å². The zero-order chi connectivity index (χ0) is 30.7. The Labute approximate surface area is 254 Å². The van der Waals surface area contributed by atoms with E-state index in [2.05, 4.69) is 4.98 Å². The lowest BCUT2D eigenvalue weighted by Gasteiger charge is -2.27. The van der Waals surface area contributed by atoms with Gasteiger partial charge in [0.05, 0.1) is 34.8 Å². The van der Waals surface area contributed by atoms with Crippen LogP contribution in [0.15, 0.2) is 66.7 Å². The smallest absolute Gasteiger partial charge is 0.335 e. The zero-order valence-electron chi connectivity index (χ0n) is 23.2. The van der Waals surface area contributed by atoms with Crippen LogP contribution in [0.1, 0.15) is 40.7 Å². The minimum Gasteiger partial charge on any atom is -0.478 e. The molecule has 1 fully saturated rings. The van der Waals surface area contributed by atoms with E-state index < -0.39 is 29.2 Å². The molecule has 2 unspecified atom stereocenters. The van der Waals surface area contributed by atoms with Crippen molar-refractivity contribution in [2.24, 2.45) is 0 Å². The van der Waals surface area contributed by atoms with E-state index in [0.29, 0.717) is 35.6 Å². The summed E-state index contributed by atoms with van der Waals surface area (Å²) in [6.07, 6.45) is 0.528. The molecule has 0 radical (unpaired) electrons. The Bertz CT molecular complexity index is 1950. The number of nitrogens with zero attached hydrogens (tertiary/aromatic N) is 2. The van der Waals surface area contributed by atoms with Crippen molar-refractivity contribution in [1.29, 1.82) is 0 Å². The summed E-state index contributed by atoms with van der Waals surface area (Å²) in [5, 5.41) is 9.70. The van der Waals surface area contributed by atoms with E-state index in [1.165, 1.54) is 36.4 Å². The maximum absolute atomic E-state index is 15.7. The fourth-order valence-electron chi connectivity index (χ4n) is 5.68. The van der Waals surface area contributed by atoms with Crippen LogP contribution in [0.3, 0.4) is 0 Å². The summed E-state index contributed by atoms with van der Waals surface area (Å²) < 4.78 is 65.7. The van der Waals surface area contributed by atoms with Gasteiger partial charge in [-0.1, -0.05) is 23.7 Å². The highest BCUT2D eigenvalue weighted by Gasteiger charge is 2.42. The van der Waals surface area contributed by atoms with Crippen LogP contribution in [0.4, 0.5) is 13.2 Å². The van der Waals surface area contributed by atoms with Crippen LogP contribution < -0.4 is 9.47 Å². The summed E-state index contributed by atoms with van der Waals surface area (Å²) in [4.78, 5) is 16.2. The molecule has 1 saturated heterocycles. The van der Waals surface area contributed by atoms with Crippen molar-refractivity contribution in [3.8, 4) is 22.6 Å². The standard InChI is InChI=1S/C33H24ClF3N2O5/c1-33(23-7-6-19(34)14-26(23)37)43-29-4-2-3-21(31(29)44-33)18-11-24(35)22(25(36)12-18)15-30-38-27-8-5-17(32(40)41)13-28(27)39(30)16-20-9-10-42-20/h2-8,11-14,20H,9-10,15-16H2,1H3,(H,40,41). The first-order chi connectivity index (χ1) is 21.1. The van der Waals surface area contributed by atoms with Crippen LogP contribution in [0, 0.1) is 17.5 Å². The maximum atomic E-state index is 15.7.